The summed E-state index contributed by atoms with van der Waals surface area (Å²) in [6, 6.07) is 15.2. The summed E-state index contributed by atoms with van der Waals surface area (Å²) in [6.45, 7) is 0. The summed E-state index contributed by atoms with van der Waals surface area (Å²) in [5.74, 6) is 0.284. The lowest BCUT2D eigenvalue weighted by atomic mass is 10.2. The second-order valence-electron chi connectivity index (χ2n) is 3.94. The molecule has 3 aromatic rings. The molecule has 1 heterocycles. The van der Waals surface area contributed by atoms with Crippen LogP contribution in [0.5, 0.6) is 5.75 Å². The lowest BCUT2D eigenvalue weighted by Crippen LogP contribution is -1.71. The summed E-state index contributed by atoms with van der Waals surface area (Å²) in [5.41, 5.74) is 2.08. The van der Waals surface area contributed by atoms with Crippen LogP contribution in [-0.4, -0.2) is 10.1 Å². The Morgan fingerprint density at radius 2 is 1.72 bits per heavy atom. The molecule has 88 valence electrons. The molecule has 0 aliphatic rings. The van der Waals surface area contributed by atoms with E-state index in [0.717, 1.165) is 16.1 Å². The van der Waals surface area contributed by atoms with Gasteiger partial charge in [-0.25, -0.2) is 4.98 Å². The molecular formula is C15H11NOS. The number of rotatable bonds is 2. The molecule has 0 bridgehead atoms. The molecule has 2 aromatic carbocycles. The number of hydrogen-bond donors (Lipinski definition) is 1. The highest BCUT2D eigenvalue weighted by molar-refractivity contribution is 7.19. The largest absolute Gasteiger partial charge is 0.508 e. The highest BCUT2D eigenvalue weighted by Gasteiger charge is 1.99. The van der Waals surface area contributed by atoms with Crippen molar-refractivity contribution in [2.75, 3.05) is 0 Å². The quantitative estimate of drug-likeness (QED) is 0.743. The van der Waals surface area contributed by atoms with Gasteiger partial charge in [-0.2, -0.15) is 0 Å². The van der Waals surface area contributed by atoms with Crippen LogP contribution in [0.15, 0.2) is 48.5 Å². The maximum atomic E-state index is 9.20. The van der Waals surface area contributed by atoms with Gasteiger partial charge in [0.15, 0.2) is 0 Å². The van der Waals surface area contributed by atoms with Crippen molar-refractivity contribution < 1.29 is 5.11 Å². The number of para-hydroxylation sites is 1. The Kier molecular flexibility index (Phi) is 2.82. The molecule has 0 saturated heterocycles. The van der Waals surface area contributed by atoms with Crippen LogP contribution in [0.2, 0.25) is 0 Å². The van der Waals surface area contributed by atoms with Crippen molar-refractivity contribution in [3.63, 3.8) is 0 Å². The predicted molar refractivity (Wildman–Crippen MR) is 76.7 cm³/mol. The fourth-order valence-corrected chi connectivity index (χ4v) is 2.58. The van der Waals surface area contributed by atoms with Crippen molar-refractivity contribution in [1.82, 2.24) is 4.98 Å². The molecule has 18 heavy (non-hydrogen) atoms. The number of phenols is 1. The van der Waals surface area contributed by atoms with Crippen LogP contribution in [0, 0.1) is 0 Å². The van der Waals surface area contributed by atoms with Crippen molar-refractivity contribution >= 4 is 33.7 Å². The van der Waals surface area contributed by atoms with Crippen molar-refractivity contribution in [2.45, 2.75) is 0 Å². The fraction of sp³-hybridized carbons (Fsp3) is 0. The highest BCUT2D eigenvalue weighted by Crippen LogP contribution is 2.23. The number of aromatic nitrogens is 1. The number of thiazole rings is 1. The molecule has 0 radical (unpaired) electrons. The molecule has 2 nitrogen and oxygen atoms in total. The average molecular weight is 253 g/mol. The topological polar surface area (TPSA) is 33.1 Å². The Morgan fingerprint density at radius 3 is 2.50 bits per heavy atom. The zero-order valence-corrected chi connectivity index (χ0v) is 10.4. The third-order valence-electron chi connectivity index (χ3n) is 2.62. The summed E-state index contributed by atoms with van der Waals surface area (Å²) >= 11 is 1.67. The van der Waals surface area contributed by atoms with Crippen molar-refractivity contribution in [3.8, 4) is 5.75 Å². The van der Waals surface area contributed by atoms with Gasteiger partial charge in [0.25, 0.3) is 0 Å². The van der Waals surface area contributed by atoms with Gasteiger partial charge < -0.3 is 5.11 Å². The van der Waals surface area contributed by atoms with E-state index in [1.165, 1.54) is 4.70 Å². The van der Waals surface area contributed by atoms with E-state index in [-0.39, 0.29) is 5.75 Å². The minimum atomic E-state index is 0.284. The molecular weight excluding hydrogens is 242 g/mol. The normalized spacial score (nSPS) is 11.3. The van der Waals surface area contributed by atoms with Gasteiger partial charge in [-0.3, -0.25) is 0 Å². The molecule has 0 spiro atoms. The Hall–Kier alpha value is -2.13. The maximum absolute atomic E-state index is 9.20. The van der Waals surface area contributed by atoms with Gasteiger partial charge >= 0.3 is 0 Å². The van der Waals surface area contributed by atoms with Crippen LogP contribution in [0.3, 0.4) is 0 Å². The van der Waals surface area contributed by atoms with E-state index in [4.69, 9.17) is 0 Å². The van der Waals surface area contributed by atoms with E-state index in [2.05, 4.69) is 11.1 Å². The Bertz CT molecular complexity index is 665. The Morgan fingerprint density at radius 1 is 0.944 bits per heavy atom. The molecule has 1 aromatic heterocycles. The fourth-order valence-electron chi connectivity index (χ4n) is 1.71. The van der Waals surface area contributed by atoms with E-state index in [0.29, 0.717) is 0 Å². The first-order valence-corrected chi connectivity index (χ1v) is 6.45. The number of nitrogens with zero attached hydrogens (tertiary/aromatic N) is 1. The molecule has 0 aliphatic heterocycles. The molecule has 3 heteroatoms. The SMILES string of the molecule is Oc1ccc(/C=C\c2nc3ccccc3s2)cc1. The highest BCUT2D eigenvalue weighted by atomic mass is 32.1. The molecule has 3 rings (SSSR count). The van der Waals surface area contributed by atoms with E-state index in [1.54, 1.807) is 23.5 Å². The first-order chi connectivity index (χ1) is 8.81. The second kappa shape index (κ2) is 4.63. The maximum Gasteiger partial charge on any atom is 0.117 e. The standard InChI is InChI=1S/C15H11NOS/c17-12-8-5-11(6-9-12)7-10-15-16-13-3-1-2-4-14(13)18-15/h1-10,17H/b10-7-. The zero-order chi connectivity index (χ0) is 12.4. The van der Waals surface area contributed by atoms with E-state index < -0.39 is 0 Å². The predicted octanol–water partition coefficient (Wildman–Crippen LogP) is 4.17. The summed E-state index contributed by atoms with van der Waals surface area (Å²) < 4.78 is 1.20. The van der Waals surface area contributed by atoms with E-state index in [9.17, 15) is 5.11 Å². The van der Waals surface area contributed by atoms with Crippen LogP contribution < -0.4 is 0 Å². The first kappa shape index (κ1) is 11.0. The third kappa shape index (κ3) is 2.26. The summed E-state index contributed by atoms with van der Waals surface area (Å²) in [5, 5.41) is 10.2. The Labute approximate surface area is 109 Å². The minimum absolute atomic E-state index is 0.284. The smallest absolute Gasteiger partial charge is 0.117 e. The molecule has 0 saturated carbocycles. The minimum Gasteiger partial charge on any atom is -0.508 e. The Balaban J connectivity index is 1.89. The second-order valence-corrected chi connectivity index (χ2v) is 5.01. The molecule has 0 fully saturated rings. The summed E-state index contributed by atoms with van der Waals surface area (Å²) in [4.78, 5) is 4.53. The lowest BCUT2D eigenvalue weighted by Gasteiger charge is -1.92. The van der Waals surface area contributed by atoms with Crippen LogP contribution in [-0.2, 0) is 0 Å². The van der Waals surface area contributed by atoms with Gasteiger partial charge in [0.2, 0.25) is 0 Å². The van der Waals surface area contributed by atoms with Crippen LogP contribution in [0.4, 0.5) is 0 Å². The lowest BCUT2D eigenvalue weighted by molar-refractivity contribution is 0.475. The molecule has 0 aliphatic carbocycles. The van der Waals surface area contributed by atoms with Gasteiger partial charge in [0, 0.05) is 0 Å². The van der Waals surface area contributed by atoms with E-state index in [1.807, 2.05) is 42.5 Å². The van der Waals surface area contributed by atoms with Crippen LogP contribution >= 0.6 is 11.3 Å². The molecule has 1 N–H and O–H groups in total. The van der Waals surface area contributed by atoms with Gasteiger partial charge in [0.05, 0.1) is 10.2 Å². The first-order valence-electron chi connectivity index (χ1n) is 5.64. The zero-order valence-electron chi connectivity index (χ0n) is 9.58. The number of fused-ring (bicyclic) bond motifs is 1. The molecule has 0 unspecified atom stereocenters. The van der Waals surface area contributed by atoms with Crippen molar-refractivity contribution in [2.24, 2.45) is 0 Å². The number of phenolic OH excluding ortho intramolecular Hbond substituents is 1. The number of benzene rings is 2. The average Bonchev–Trinajstić information content (AvgIpc) is 2.81. The van der Waals surface area contributed by atoms with Gasteiger partial charge in [0.1, 0.15) is 10.8 Å². The van der Waals surface area contributed by atoms with Crippen molar-refractivity contribution in [1.29, 1.82) is 0 Å². The number of hydrogen-bond acceptors (Lipinski definition) is 3. The third-order valence-corrected chi connectivity index (χ3v) is 3.62. The van der Waals surface area contributed by atoms with Crippen molar-refractivity contribution in [3.05, 3.63) is 59.1 Å². The van der Waals surface area contributed by atoms with E-state index >= 15 is 0 Å². The number of aromatic hydroxyl groups is 1. The summed E-state index contributed by atoms with van der Waals surface area (Å²) in [6.07, 6.45) is 3.99. The monoisotopic (exact) mass is 253 g/mol. The van der Waals surface area contributed by atoms with Crippen LogP contribution in [0.25, 0.3) is 22.4 Å². The van der Waals surface area contributed by atoms with Gasteiger partial charge in [-0.05, 0) is 35.9 Å². The van der Waals surface area contributed by atoms with Gasteiger partial charge in [-0.15, -0.1) is 11.3 Å². The molecule has 0 amide bonds. The van der Waals surface area contributed by atoms with Crippen LogP contribution in [0.1, 0.15) is 10.6 Å². The van der Waals surface area contributed by atoms with Gasteiger partial charge in [-0.1, -0.05) is 30.3 Å². The molecule has 0 atom stereocenters. The summed E-state index contributed by atoms with van der Waals surface area (Å²) in [7, 11) is 0.